The van der Waals surface area contributed by atoms with Gasteiger partial charge < -0.3 is 14.8 Å². The maximum absolute atomic E-state index is 13.8. The number of nitrogens with zero attached hydrogens (tertiary/aromatic N) is 5. The van der Waals surface area contributed by atoms with E-state index < -0.39 is 19.3 Å². The fourth-order valence-electron chi connectivity index (χ4n) is 3.27. The smallest absolute Gasteiger partial charge is 0.388 e. The number of halogens is 3. The number of hydrogen-bond donors (Lipinski definition) is 2. The summed E-state index contributed by atoms with van der Waals surface area (Å²) in [5.41, 5.74) is 0.963. The van der Waals surface area contributed by atoms with Gasteiger partial charge in [-0.05, 0) is 18.8 Å². The van der Waals surface area contributed by atoms with Gasteiger partial charge in [0.1, 0.15) is 18.0 Å². The second kappa shape index (κ2) is 8.00. The number of aromatic amines is 1. The van der Waals surface area contributed by atoms with Crippen LogP contribution in [0.1, 0.15) is 18.9 Å². The number of ether oxygens (including phenoxy) is 2. The highest BCUT2D eigenvalue weighted by atomic mass is 19.3. The Morgan fingerprint density at radius 1 is 1.32 bits per heavy atom. The molecule has 150 valence electrons. The molecule has 28 heavy (non-hydrogen) atoms. The second-order valence-electron chi connectivity index (χ2n) is 6.35. The number of hydrogen-bond acceptors (Lipinski definition) is 7. The highest BCUT2D eigenvalue weighted by molar-refractivity contribution is 5.72. The van der Waals surface area contributed by atoms with Gasteiger partial charge in [-0.3, -0.25) is 5.10 Å². The summed E-state index contributed by atoms with van der Waals surface area (Å²) in [7, 11) is 0. The van der Waals surface area contributed by atoms with Gasteiger partial charge in [0, 0.05) is 19.3 Å². The predicted molar refractivity (Wildman–Crippen MR) is 92.4 cm³/mol. The molecule has 4 heterocycles. The summed E-state index contributed by atoms with van der Waals surface area (Å²) in [6.45, 7) is -2.34. The van der Waals surface area contributed by atoms with E-state index in [1.807, 2.05) is 0 Å². The molecule has 1 aliphatic rings. The van der Waals surface area contributed by atoms with E-state index in [-0.39, 0.29) is 11.8 Å². The molecule has 4 rings (SSSR count). The highest BCUT2D eigenvalue weighted by Gasteiger charge is 2.28. The first kappa shape index (κ1) is 18.5. The molecule has 0 radical (unpaired) electrons. The quantitative estimate of drug-likeness (QED) is 0.632. The Kier molecular flexibility index (Phi) is 5.28. The van der Waals surface area contributed by atoms with Gasteiger partial charge in [-0.15, -0.1) is 5.10 Å². The summed E-state index contributed by atoms with van der Waals surface area (Å²) in [6, 6.07) is 0.811. The van der Waals surface area contributed by atoms with E-state index in [0.717, 1.165) is 12.8 Å². The van der Waals surface area contributed by atoms with Crippen LogP contribution in [0.25, 0.3) is 11.2 Å². The molecular formula is C16H18F3N7O2. The van der Waals surface area contributed by atoms with Crippen LogP contribution < -0.4 is 10.1 Å². The lowest BCUT2D eigenvalue weighted by Crippen LogP contribution is -2.28. The minimum atomic E-state index is -2.97. The van der Waals surface area contributed by atoms with Crippen LogP contribution in [-0.2, 0) is 4.74 Å². The molecule has 0 amide bonds. The third-order valence-corrected chi connectivity index (χ3v) is 4.61. The van der Waals surface area contributed by atoms with Gasteiger partial charge in [0.25, 0.3) is 0 Å². The van der Waals surface area contributed by atoms with Crippen molar-refractivity contribution in [2.45, 2.75) is 25.5 Å². The monoisotopic (exact) mass is 397 g/mol. The fraction of sp³-hybridized carbons (Fsp3) is 0.500. The predicted octanol–water partition coefficient (Wildman–Crippen LogP) is 2.83. The van der Waals surface area contributed by atoms with Gasteiger partial charge in [-0.2, -0.15) is 13.9 Å². The number of rotatable bonds is 7. The summed E-state index contributed by atoms with van der Waals surface area (Å²) >= 11 is 0. The first-order valence-electron chi connectivity index (χ1n) is 8.75. The molecule has 12 heteroatoms. The van der Waals surface area contributed by atoms with Crippen molar-refractivity contribution in [3.8, 4) is 5.88 Å². The van der Waals surface area contributed by atoms with Crippen molar-refractivity contribution in [1.29, 1.82) is 0 Å². The highest BCUT2D eigenvalue weighted by Crippen LogP contribution is 2.30. The van der Waals surface area contributed by atoms with Gasteiger partial charge in [0.2, 0.25) is 5.88 Å². The Morgan fingerprint density at radius 3 is 2.89 bits per heavy atom. The molecule has 0 aliphatic carbocycles. The summed E-state index contributed by atoms with van der Waals surface area (Å²) in [5.74, 6) is 0.462. The van der Waals surface area contributed by atoms with Crippen LogP contribution in [-0.4, -0.2) is 56.4 Å². The topological polar surface area (TPSA) is 103 Å². The van der Waals surface area contributed by atoms with E-state index >= 15 is 0 Å². The van der Waals surface area contributed by atoms with Crippen molar-refractivity contribution >= 4 is 22.8 Å². The Labute approximate surface area is 157 Å². The van der Waals surface area contributed by atoms with E-state index in [1.54, 1.807) is 10.9 Å². The molecule has 0 saturated carbocycles. The van der Waals surface area contributed by atoms with Crippen LogP contribution in [0, 0.1) is 5.92 Å². The van der Waals surface area contributed by atoms with Gasteiger partial charge in [0.15, 0.2) is 11.5 Å². The largest absolute Gasteiger partial charge is 0.415 e. The molecule has 9 nitrogen and oxygen atoms in total. The lowest BCUT2D eigenvalue weighted by Gasteiger charge is -2.28. The first-order chi connectivity index (χ1) is 13.6. The normalized spacial score (nSPS) is 16.6. The summed E-state index contributed by atoms with van der Waals surface area (Å²) < 4.78 is 49.4. The maximum atomic E-state index is 13.8. The van der Waals surface area contributed by atoms with Gasteiger partial charge in [-0.1, -0.05) is 0 Å². The van der Waals surface area contributed by atoms with Crippen molar-refractivity contribution in [1.82, 2.24) is 29.9 Å². The third-order valence-electron chi connectivity index (χ3n) is 4.61. The Balaban J connectivity index is 1.57. The molecule has 1 saturated heterocycles. The molecule has 0 aromatic carbocycles. The lowest BCUT2D eigenvalue weighted by atomic mass is 9.92. The van der Waals surface area contributed by atoms with Crippen LogP contribution in [0.2, 0.25) is 0 Å². The Bertz CT molecular complexity index is 926. The van der Waals surface area contributed by atoms with Crippen LogP contribution in [0.4, 0.5) is 24.8 Å². The van der Waals surface area contributed by atoms with Crippen LogP contribution in [0.3, 0.4) is 0 Å². The van der Waals surface area contributed by atoms with E-state index in [0.29, 0.717) is 36.0 Å². The van der Waals surface area contributed by atoms with Gasteiger partial charge in [0.05, 0.1) is 18.4 Å². The second-order valence-corrected chi connectivity index (χ2v) is 6.35. The molecule has 1 fully saturated rings. The zero-order chi connectivity index (χ0) is 19.5. The molecule has 0 spiro atoms. The lowest BCUT2D eigenvalue weighted by molar-refractivity contribution is -0.0528. The van der Waals surface area contributed by atoms with Crippen molar-refractivity contribution in [2.24, 2.45) is 5.92 Å². The molecule has 3 aromatic heterocycles. The van der Waals surface area contributed by atoms with Gasteiger partial charge >= 0.3 is 6.61 Å². The molecule has 0 unspecified atom stereocenters. The SMILES string of the molecule is FC[C@@H](C1CCOCC1)n1ncc2ncc(Nc3cc(OC(F)F)n[nH]3)nc21. The zero-order valence-corrected chi connectivity index (χ0v) is 14.7. The van der Waals surface area contributed by atoms with E-state index in [1.165, 1.54) is 12.3 Å². The molecular weight excluding hydrogens is 379 g/mol. The average molecular weight is 397 g/mol. The fourth-order valence-corrected chi connectivity index (χ4v) is 3.27. The molecule has 1 aliphatic heterocycles. The van der Waals surface area contributed by atoms with Crippen LogP contribution >= 0.6 is 0 Å². The summed E-state index contributed by atoms with van der Waals surface area (Å²) in [5, 5.41) is 13.3. The van der Waals surface area contributed by atoms with E-state index in [9.17, 15) is 13.2 Å². The molecule has 2 N–H and O–H groups in total. The number of alkyl halides is 3. The number of anilines is 2. The average Bonchev–Trinajstić information content (AvgIpc) is 3.30. The van der Waals surface area contributed by atoms with Crippen molar-refractivity contribution < 1.29 is 22.6 Å². The standard InChI is InChI=1S/C16H18F3N7O2/c17-6-11(9-1-3-27-4-2-9)26-15-10(7-21-26)20-8-13(23-15)22-12-5-14(25-24-12)28-16(18)19/h5,7-9,11,16H,1-4,6H2,(H2,22,23,24,25)/t11-/m0/s1. The van der Waals surface area contributed by atoms with Gasteiger partial charge in [-0.25, -0.2) is 19.0 Å². The van der Waals surface area contributed by atoms with Crippen LogP contribution in [0.15, 0.2) is 18.5 Å². The van der Waals surface area contributed by atoms with Crippen LogP contribution in [0.5, 0.6) is 5.88 Å². The zero-order valence-electron chi connectivity index (χ0n) is 14.7. The minimum absolute atomic E-state index is 0.0990. The third kappa shape index (κ3) is 3.86. The van der Waals surface area contributed by atoms with E-state index in [4.69, 9.17) is 4.74 Å². The number of fused-ring (bicyclic) bond motifs is 1. The number of nitrogens with one attached hydrogen (secondary N) is 2. The molecule has 3 aromatic rings. The number of aromatic nitrogens is 6. The molecule has 0 bridgehead atoms. The molecule has 1 atom stereocenters. The van der Waals surface area contributed by atoms with Crippen molar-refractivity contribution in [2.75, 3.05) is 25.2 Å². The minimum Gasteiger partial charge on any atom is -0.415 e. The van der Waals surface area contributed by atoms with Crippen molar-refractivity contribution in [3.05, 3.63) is 18.5 Å². The first-order valence-corrected chi connectivity index (χ1v) is 8.75. The number of H-pyrrole nitrogens is 1. The maximum Gasteiger partial charge on any atom is 0.388 e. The Hall–Kier alpha value is -2.89. The Morgan fingerprint density at radius 2 is 2.14 bits per heavy atom. The van der Waals surface area contributed by atoms with Crippen molar-refractivity contribution in [3.63, 3.8) is 0 Å². The summed E-state index contributed by atoms with van der Waals surface area (Å²) in [6.07, 6.45) is 4.51. The van der Waals surface area contributed by atoms with E-state index in [2.05, 4.69) is 35.3 Å². The summed E-state index contributed by atoms with van der Waals surface area (Å²) in [4.78, 5) is 8.73.